The number of para-hydroxylation sites is 1. The van der Waals surface area contributed by atoms with E-state index in [2.05, 4.69) is 215 Å². The van der Waals surface area contributed by atoms with Gasteiger partial charge in [-0.2, -0.15) is 0 Å². The molecular formula is C56H34N2. The van der Waals surface area contributed by atoms with Gasteiger partial charge in [-0.3, -0.25) is 0 Å². The van der Waals surface area contributed by atoms with Crippen molar-refractivity contribution in [3.05, 3.63) is 206 Å². The normalized spacial score (nSPS) is 12.1. The highest BCUT2D eigenvalue weighted by Crippen LogP contribution is 2.49. The molecule has 0 radical (unpaired) electrons. The van der Waals surface area contributed by atoms with Gasteiger partial charge >= 0.3 is 0 Å². The summed E-state index contributed by atoms with van der Waals surface area (Å²) in [6.45, 7) is 0. The lowest BCUT2D eigenvalue weighted by Crippen LogP contribution is -1.95. The molecule has 0 amide bonds. The van der Waals surface area contributed by atoms with Crippen molar-refractivity contribution in [3.63, 3.8) is 0 Å². The Balaban J connectivity index is 1.00. The maximum atomic E-state index is 2.50. The van der Waals surface area contributed by atoms with Gasteiger partial charge in [-0.25, -0.2) is 0 Å². The monoisotopic (exact) mass is 734 g/mol. The predicted molar refractivity (Wildman–Crippen MR) is 245 cm³/mol. The second-order valence-electron chi connectivity index (χ2n) is 15.7. The second kappa shape index (κ2) is 11.9. The molecule has 12 aromatic rings. The van der Waals surface area contributed by atoms with Gasteiger partial charge in [0, 0.05) is 38.3 Å². The van der Waals surface area contributed by atoms with Gasteiger partial charge in [0.25, 0.3) is 0 Å². The van der Waals surface area contributed by atoms with Crippen molar-refractivity contribution in [3.8, 4) is 55.9 Å². The molecule has 2 aromatic heterocycles. The van der Waals surface area contributed by atoms with Crippen molar-refractivity contribution < 1.29 is 0 Å². The fourth-order valence-electron chi connectivity index (χ4n) is 10.0. The van der Waals surface area contributed by atoms with Crippen LogP contribution in [0.15, 0.2) is 206 Å². The van der Waals surface area contributed by atoms with E-state index in [1.165, 1.54) is 115 Å². The van der Waals surface area contributed by atoms with Gasteiger partial charge in [0.1, 0.15) is 0 Å². The lowest BCUT2D eigenvalue weighted by atomic mass is 10.00. The lowest BCUT2D eigenvalue weighted by molar-refractivity contribution is 1.18. The van der Waals surface area contributed by atoms with Crippen LogP contribution in [0.5, 0.6) is 0 Å². The molecule has 0 unspecified atom stereocenters. The number of hydrogen-bond donors (Lipinski definition) is 0. The Hall–Kier alpha value is -7.68. The van der Waals surface area contributed by atoms with E-state index in [0.29, 0.717) is 0 Å². The first-order valence-electron chi connectivity index (χ1n) is 20.1. The van der Waals surface area contributed by atoms with Crippen LogP contribution in [0.1, 0.15) is 0 Å². The highest BCUT2D eigenvalue weighted by molar-refractivity contribution is 6.20. The van der Waals surface area contributed by atoms with Gasteiger partial charge in [0.2, 0.25) is 0 Å². The van der Waals surface area contributed by atoms with Crippen LogP contribution in [0.2, 0.25) is 0 Å². The molecule has 2 heteroatoms. The maximum absolute atomic E-state index is 2.50. The molecular weight excluding hydrogens is 701 g/mol. The van der Waals surface area contributed by atoms with Crippen molar-refractivity contribution in [2.45, 2.75) is 0 Å². The molecule has 13 rings (SSSR count). The molecule has 2 heterocycles. The Kier molecular flexibility index (Phi) is 6.47. The maximum Gasteiger partial charge on any atom is 0.0619 e. The van der Waals surface area contributed by atoms with Gasteiger partial charge in [-0.05, 0) is 115 Å². The Morgan fingerprint density at radius 3 is 1.69 bits per heavy atom. The minimum atomic E-state index is 1.16. The summed E-state index contributed by atoms with van der Waals surface area (Å²) in [4.78, 5) is 0. The predicted octanol–water partition coefficient (Wildman–Crippen LogP) is 15.2. The van der Waals surface area contributed by atoms with Crippen molar-refractivity contribution in [1.82, 2.24) is 9.13 Å². The number of fused-ring (bicyclic) bond motifs is 11. The topological polar surface area (TPSA) is 9.86 Å². The molecule has 1 aliphatic rings. The molecule has 0 N–H and O–H groups in total. The summed E-state index contributed by atoms with van der Waals surface area (Å²) in [5, 5.41) is 10.2. The molecule has 0 fully saturated rings. The number of hydrogen-bond acceptors (Lipinski definition) is 0. The van der Waals surface area contributed by atoms with Crippen LogP contribution in [0.3, 0.4) is 0 Å². The number of aromatic nitrogens is 2. The Morgan fingerprint density at radius 2 is 0.862 bits per heavy atom. The summed E-state index contributed by atoms with van der Waals surface area (Å²) < 4.78 is 4.92. The summed E-state index contributed by atoms with van der Waals surface area (Å²) in [5.74, 6) is 0. The van der Waals surface area contributed by atoms with Crippen LogP contribution < -0.4 is 0 Å². The first kappa shape index (κ1) is 31.5. The zero-order valence-electron chi connectivity index (χ0n) is 31.5. The second-order valence-corrected chi connectivity index (χ2v) is 15.7. The van der Waals surface area contributed by atoms with E-state index in [9.17, 15) is 0 Å². The molecule has 0 aliphatic heterocycles. The third-order valence-electron chi connectivity index (χ3n) is 12.6. The van der Waals surface area contributed by atoms with Crippen LogP contribution >= 0.6 is 0 Å². The molecule has 1 aliphatic carbocycles. The smallest absolute Gasteiger partial charge is 0.0619 e. The van der Waals surface area contributed by atoms with Crippen molar-refractivity contribution in [2.24, 2.45) is 0 Å². The minimum absolute atomic E-state index is 1.16. The Bertz CT molecular complexity index is 3670. The lowest BCUT2D eigenvalue weighted by Gasteiger charge is -2.13. The molecule has 0 bridgehead atoms. The highest BCUT2D eigenvalue weighted by atomic mass is 15.0. The van der Waals surface area contributed by atoms with Crippen LogP contribution in [0.4, 0.5) is 0 Å². The van der Waals surface area contributed by atoms with E-state index in [4.69, 9.17) is 0 Å². The fourth-order valence-corrected chi connectivity index (χ4v) is 10.0. The molecule has 0 saturated carbocycles. The highest BCUT2D eigenvalue weighted by Gasteiger charge is 2.23. The SMILES string of the molecule is c1ccc(-c2cccc(-n3c4ccccc4c4cc(-c5ccc6c(c5)c5ccc7ccccc7c5n6-c5ccc6c(c5)-c5cccc7cccc-6c57)ccc43)c2)cc1. The van der Waals surface area contributed by atoms with E-state index in [1.807, 2.05) is 0 Å². The van der Waals surface area contributed by atoms with E-state index in [-0.39, 0.29) is 0 Å². The van der Waals surface area contributed by atoms with E-state index >= 15 is 0 Å². The molecule has 0 atom stereocenters. The van der Waals surface area contributed by atoms with Crippen molar-refractivity contribution >= 4 is 65.2 Å². The Labute approximate surface area is 335 Å². The van der Waals surface area contributed by atoms with Crippen LogP contribution in [-0.2, 0) is 0 Å². The first-order valence-corrected chi connectivity index (χ1v) is 20.1. The zero-order valence-corrected chi connectivity index (χ0v) is 31.5. The van der Waals surface area contributed by atoms with Crippen LogP contribution in [0, 0.1) is 0 Å². The van der Waals surface area contributed by atoms with Gasteiger partial charge in [0.15, 0.2) is 0 Å². The van der Waals surface area contributed by atoms with Crippen molar-refractivity contribution in [2.75, 3.05) is 0 Å². The van der Waals surface area contributed by atoms with Gasteiger partial charge in [0.05, 0.1) is 22.1 Å². The summed E-state index contributed by atoms with van der Waals surface area (Å²) in [6, 6.07) is 76.3. The number of rotatable bonds is 4. The standard InChI is InChI=1S/C56H34N2/c1-2-11-35(12-3-1)38-16-8-17-41(31-38)57-52-22-7-6-19-45(52)50-32-39(24-29-53(50)57)40-25-30-54-51(33-40)48-27-23-36-13-4-5-18-43(36)56(48)58(54)42-26-28-44-46-20-9-14-37-15-10-21-47(55(37)46)49(44)34-42/h1-34H. The zero-order chi connectivity index (χ0) is 37.9. The summed E-state index contributed by atoms with van der Waals surface area (Å²) >= 11 is 0. The van der Waals surface area contributed by atoms with E-state index in [1.54, 1.807) is 0 Å². The molecule has 268 valence electrons. The van der Waals surface area contributed by atoms with Gasteiger partial charge < -0.3 is 9.13 Å². The number of nitrogens with zero attached hydrogens (tertiary/aromatic N) is 2. The van der Waals surface area contributed by atoms with E-state index in [0.717, 1.165) is 5.69 Å². The first-order chi connectivity index (χ1) is 28.8. The molecule has 0 saturated heterocycles. The van der Waals surface area contributed by atoms with E-state index < -0.39 is 0 Å². The third kappa shape index (κ3) is 4.43. The van der Waals surface area contributed by atoms with Crippen LogP contribution in [0.25, 0.3) is 121 Å². The molecule has 10 aromatic carbocycles. The Morgan fingerprint density at radius 1 is 0.259 bits per heavy atom. The summed E-state index contributed by atoms with van der Waals surface area (Å²) in [6.07, 6.45) is 0. The molecule has 58 heavy (non-hydrogen) atoms. The summed E-state index contributed by atoms with van der Waals surface area (Å²) in [5.41, 5.74) is 17.3. The largest absolute Gasteiger partial charge is 0.309 e. The summed E-state index contributed by atoms with van der Waals surface area (Å²) in [7, 11) is 0. The minimum Gasteiger partial charge on any atom is -0.309 e. The molecule has 0 spiro atoms. The van der Waals surface area contributed by atoms with Gasteiger partial charge in [-0.15, -0.1) is 0 Å². The molecule has 2 nitrogen and oxygen atoms in total. The quantitative estimate of drug-likeness (QED) is 0.170. The third-order valence-corrected chi connectivity index (χ3v) is 12.6. The van der Waals surface area contributed by atoms with Crippen molar-refractivity contribution in [1.29, 1.82) is 0 Å². The average molecular weight is 735 g/mol. The average Bonchev–Trinajstić information content (AvgIpc) is 3.93. The fraction of sp³-hybridized carbons (Fsp3) is 0. The number of benzene rings is 10. The van der Waals surface area contributed by atoms with Gasteiger partial charge in [-0.1, -0.05) is 152 Å². The van der Waals surface area contributed by atoms with Crippen LogP contribution in [-0.4, -0.2) is 9.13 Å².